The van der Waals surface area contributed by atoms with Crippen molar-refractivity contribution in [1.82, 2.24) is 23.9 Å². The quantitative estimate of drug-likeness (QED) is 0.134. The highest BCUT2D eigenvalue weighted by Gasteiger charge is 2.44. The summed E-state index contributed by atoms with van der Waals surface area (Å²) in [6.07, 6.45) is 7.26. The molecule has 54 heavy (non-hydrogen) atoms. The van der Waals surface area contributed by atoms with Crippen LogP contribution in [0.3, 0.4) is 0 Å². The molecule has 0 saturated carbocycles. The highest BCUT2D eigenvalue weighted by atomic mass is 19.1. The molecule has 3 aromatic carbocycles. The van der Waals surface area contributed by atoms with Crippen molar-refractivity contribution < 1.29 is 18.3 Å². The molecule has 2 aliphatic heterocycles. The molecule has 5 aromatic rings. The molecule has 7 rings (SSSR count). The Morgan fingerprint density at radius 2 is 1.56 bits per heavy atom. The van der Waals surface area contributed by atoms with E-state index in [-0.39, 0.29) is 23.6 Å². The molecule has 0 aliphatic carbocycles. The van der Waals surface area contributed by atoms with Crippen molar-refractivity contribution in [2.45, 2.75) is 59.7 Å². The van der Waals surface area contributed by atoms with Crippen molar-refractivity contribution in [3.05, 3.63) is 119 Å². The van der Waals surface area contributed by atoms with Crippen LogP contribution in [-0.2, 0) is 23.4 Å². The Labute approximate surface area is 315 Å². The van der Waals surface area contributed by atoms with E-state index in [0.29, 0.717) is 43.6 Å². The van der Waals surface area contributed by atoms with Crippen molar-refractivity contribution in [2.75, 3.05) is 49.2 Å². The SMILES string of the molecule is CC(C)C(Cn1ccn(-c2ccc(N3CCN(c4ccc(OC[C@H]5COC(Cn6cncn6)(c6ccc(F)cc6F)C5)cc4)CC3)cc2)c1=O)C(C)(C)C. The van der Waals surface area contributed by atoms with Gasteiger partial charge in [-0.05, 0) is 78.3 Å². The van der Waals surface area contributed by atoms with Gasteiger partial charge < -0.3 is 19.3 Å². The van der Waals surface area contributed by atoms with Crippen LogP contribution >= 0.6 is 0 Å². The smallest absolute Gasteiger partial charge is 0.332 e. The van der Waals surface area contributed by atoms with Crippen LogP contribution in [0, 0.1) is 34.8 Å². The van der Waals surface area contributed by atoms with E-state index >= 15 is 0 Å². The molecule has 2 aromatic heterocycles. The Hall–Kier alpha value is -4.97. The number of aromatic nitrogens is 5. The van der Waals surface area contributed by atoms with Gasteiger partial charge in [-0.3, -0.25) is 9.13 Å². The highest BCUT2D eigenvalue weighted by molar-refractivity contribution is 5.55. The summed E-state index contributed by atoms with van der Waals surface area (Å²) in [6, 6.07) is 20.0. The minimum atomic E-state index is -1.01. The average Bonchev–Trinajstić information content (AvgIpc) is 3.90. The summed E-state index contributed by atoms with van der Waals surface area (Å²) in [6.45, 7) is 16.4. The van der Waals surface area contributed by atoms with Crippen LogP contribution in [0.15, 0.2) is 96.6 Å². The van der Waals surface area contributed by atoms with Gasteiger partial charge >= 0.3 is 5.69 Å². The number of ether oxygens (including phenoxy) is 2. The van der Waals surface area contributed by atoms with Crippen molar-refractivity contribution in [3.8, 4) is 11.4 Å². The van der Waals surface area contributed by atoms with Gasteiger partial charge in [0.05, 0.1) is 25.4 Å². The molecule has 286 valence electrons. The van der Waals surface area contributed by atoms with E-state index in [1.165, 1.54) is 18.5 Å². The van der Waals surface area contributed by atoms with Crippen LogP contribution in [0.5, 0.6) is 5.75 Å². The van der Waals surface area contributed by atoms with Gasteiger partial charge in [0.15, 0.2) is 0 Å². The first-order valence-electron chi connectivity index (χ1n) is 18.9. The molecule has 0 N–H and O–H groups in total. The zero-order valence-corrected chi connectivity index (χ0v) is 31.9. The summed E-state index contributed by atoms with van der Waals surface area (Å²) in [4.78, 5) is 22.1. The fraction of sp³-hybridized carbons (Fsp3) is 0.452. The van der Waals surface area contributed by atoms with E-state index < -0.39 is 17.2 Å². The molecule has 2 saturated heterocycles. The van der Waals surface area contributed by atoms with Crippen LogP contribution in [0.25, 0.3) is 5.69 Å². The average molecular weight is 740 g/mol. The number of imidazole rings is 1. The molecule has 4 heterocycles. The molecule has 10 nitrogen and oxygen atoms in total. The van der Waals surface area contributed by atoms with Crippen molar-refractivity contribution in [3.63, 3.8) is 0 Å². The monoisotopic (exact) mass is 739 g/mol. The highest BCUT2D eigenvalue weighted by Crippen LogP contribution is 2.42. The minimum absolute atomic E-state index is 0.00213. The summed E-state index contributed by atoms with van der Waals surface area (Å²) < 4.78 is 46.4. The number of rotatable bonds is 12. The zero-order valence-electron chi connectivity index (χ0n) is 31.9. The van der Waals surface area contributed by atoms with Crippen LogP contribution in [0.1, 0.15) is 46.6 Å². The summed E-state index contributed by atoms with van der Waals surface area (Å²) in [5.41, 5.74) is 2.55. The third-order valence-electron chi connectivity index (χ3n) is 11.1. The second-order valence-corrected chi connectivity index (χ2v) is 16.2. The van der Waals surface area contributed by atoms with Gasteiger partial charge in [-0.2, -0.15) is 5.10 Å². The van der Waals surface area contributed by atoms with Crippen LogP contribution < -0.4 is 20.2 Å². The second-order valence-electron chi connectivity index (χ2n) is 16.2. The third-order valence-corrected chi connectivity index (χ3v) is 11.1. The number of nitrogens with zero attached hydrogens (tertiary/aromatic N) is 7. The van der Waals surface area contributed by atoms with E-state index in [2.05, 4.69) is 78.8 Å². The van der Waals surface area contributed by atoms with Gasteiger partial charge in [-0.25, -0.2) is 23.2 Å². The topological polar surface area (TPSA) is 82.6 Å². The number of halogens is 2. The number of benzene rings is 3. The lowest BCUT2D eigenvalue weighted by Gasteiger charge is -2.37. The van der Waals surface area contributed by atoms with E-state index in [0.717, 1.165) is 55.1 Å². The van der Waals surface area contributed by atoms with Gasteiger partial charge in [-0.1, -0.05) is 40.7 Å². The third kappa shape index (κ3) is 8.08. The summed E-state index contributed by atoms with van der Waals surface area (Å²) in [7, 11) is 0. The lowest BCUT2D eigenvalue weighted by atomic mass is 9.74. The zero-order chi connectivity index (χ0) is 38.0. The van der Waals surface area contributed by atoms with Crippen LogP contribution in [0.4, 0.5) is 20.2 Å². The molecule has 12 heteroatoms. The second kappa shape index (κ2) is 15.4. The Bertz CT molecular complexity index is 2050. The molecule has 0 spiro atoms. The minimum Gasteiger partial charge on any atom is -0.493 e. The van der Waals surface area contributed by atoms with Crippen LogP contribution in [0.2, 0.25) is 0 Å². The Balaban J connectivity index is 0.915. The number of anilines is 2. The Kier molecular flexibility index (Phi) is 10.7. The maximum atomic E-state index is 15.0. The van der Waals surface area contributed by atoms with Gasteiger partial charge in [0.2, 0.25) is 0 Å². The molecule has 0 radical (unpaired) electrons. The molecular formula is C42H51F2N7O3. The first kappa shape index (κ1) is 37.3. The standard InChI is InChI=1S/C42H51F2N7O3/c1-30(2)38(41(3,4)5)24-49-20-21-51(40(49)52)35-9-7-33(8-10-35)47-16-18-48(19-17-47)34-11-13-36(14-12-34)53-25-31-23-42(54-26-31,27-50-29-45-28-46-50)37-15-6-32(43)22-39(37)44/h6-15,20-22,28-31,38H,16-19,23-27H2,1-5H3/t31-,38?,42?/m0/s1. The summed E-state index contributed by atoms with van der Waals surface area (Å²) >= 11 is 0. The molecule has 2 unspecified atom stereocenters. The number of piperazine rings is 1. The molecular weight excluding hydrogens is 689 g/mol. The lowest BCUT2D eigenvalue weighted by Crippen LogP contribution is -2.46. The largest absolute Gasteiger partial charge is 0.493 e. The fourth-order valence-corrected chi connectivity index (χ4v) is 8.25. The van der Waals surface area contributed by atoms with Gasteiger partial charge in [0, 0.05) is 74.0 Å². The maximum Gasteiger partial charge on any atom is 0.332 e. The van der Waals surface area contributed by atoms with E-state index in [9.17, 15) is 13.6 Å². The molecule has 2 aliphatic rings. The molecule has 3 atom stereocenters. The normalized spacial score (nSPS) is 19.8. The number of hydrogen-bond acceptors (Lipinski definition) is 7. The van der Waals surface area contributed by atoms with Gasteiger partial charge in [0.25, 0.3) is 0 Å². The predicted molar refractivity (Wildman–Crippen MR) is 206 cm³/mol. The van der Waals surface area contributed by atoms with Crippen molar-refractivity contribution in [2.24, 2.45) is 23.2 Å². The van der Waals surface area contributed by atoms with Crippen molar-refractivity contribution >= 4 is 11.4 Å². The first-order valence-corrected chi connectivity index (χ1v) is 18.9. The fourth-order valence-electron chi connectivity index (χ4n) is 8.25. The van der Waals surface area contributed by atoms with Crippen LogP contribution in [-0.4, -0.2) is 63.3 Å². The Morgan fingerprint density at radius 1 is 0.907 bits per heavy atom. The van der Waals surface area contributed by atoms with E-state index in [1.807, 2.05) is 41.2 Å². The predicted octanol–water partition coefficient (Wildman–Crippen LogP) is 7.16. The number of hydrogen-bond donors (Lipinski definition) is 0. The van der Waals surface area contributed by atoms with Gasteiger partial charge in [0.1, 0.15) is 35.6 Å². The first-order chi connectivity index (χ1) is 25.9. The summed E-state index contributed by atoms with van der Waals surface area (Å²) in [5, 5.41) is 4.19. The Morgan fingerprint density at radius 3 is 2.15 bits per heavy atom. The van der Waals surface area contributed by atoms with E-state index in [4.69, 9.17) is 9.47 Å². The molecule has 0 amide bonds. The molecule has 0 bridgehead atoms. The summed E-state index contributed by atoms with van der Waals surface area (Å²) in [5.74, 6) is 0.342. The lowest BCUT2D eigenvalue weighted by molar-refractivity contribution is -0.0206. The molecule has 2 fully saturated rings. The van der Waals surface area contributed by atoms with Crippen molar-refractivity contribution in [1.29, 1.82) is 0 Å². The maximum absolute atomic E-state index is 15.0. The van der Waals surface area contributed by atoms with Gasteiger partial charge in [-0.15, -0.1) is 0 Å². The van der Waals surface area contributed by atoms with E-state index in [1.54, 1.807) is 15.6 Å².